The van der Waals surface area contributed by atoms with Gasteiger partial charge in [0.25, 0.3) is 0 Å². The van der Waals surface area contributed by atoms with Gasteiger partial charge in [-0.05, 0) is 60.6 Å². The first kappa shape index (κ1) is 27.7. The van der Waals surface area contributed by atoms with Crippen molar-refractivity contribution in [2.24, 2.45) is 0 Å². The number of nitrogens with zero attached hydrogens (tertiary/aromatic N) is 1. The number of fused-ring (bicyclic) bond motifs is 2. The molecule has 0 saturated carbocycles. The Hall–Kier alpha value is -3.34. The van der Waals surface area contributed by atoms with E-state index in [0.29, 0.717) is 30.5 Å². The predicted molar refractivity (Wildman–Crippen MR) is 129 cm³/mol. The highest BCUT2D eigenvalue weighted by atomic mass is 19.4. The second-order valence-corrected chi connectivity index (χ2v) is 9.49. The highest BCUT2D eigenvalue weighted by molar-refractivity contribution is 6.07. The fourth-order valence-electron chi connectivity index (χ4n) is 4.89. The number of hydrogen-bond acceptors (Lipinski definition) is 3. The highest BCUT2D eigenvalue weighted by Crippen LogP contribution is 2.40. The number of hydrogen-bond donors (Lipinski definition) is 2. The average Bonchev–Trinajstić information content (AvgIpc) is 2.82. The quantitative estimate of drug-likeness (QED) is 0.359. The van der Waals surface area contributed by atoms with E-state index >= 15 is 0 Å². The lowest BCUT2D eigenvalue weighted by atomic mass is 9.88. The van der Waals surface area contributed by atoms with Gasteiger partial charge in [-0.25, -0.2) is 0 Å². The summed E-state index contributed by atoms with van der Waals surface area (Å²) in [5, 5.41) is 12.8. The first-order chi connectivity index (χ1) is 17.8. The summed E-state index contributed by atoms with van der Waals surface area (Å²) in [6, 6.07) is 8.22. The number of aliphatic hydroxyl groups is 1. The summed E-state index contributed by atoms with van der Waals surface area (Å²) in [6.07, 6.45) is -8.72. The Balaban J connectivity index is 1.60. The van der Waals surface area contributed by atoms with Crippen molar-refractivity contribution in [3.05, 3.63) is 64.7 Å². The van der Waals surface area contributed by atoms with Crippen LogP contribution < -0.4 is 10.2 Å². The van der Waals surface area contributed by atoms with Crippen LogP contribution in [0.5, 0.6) is 0 Å². The fraction of sp³-hybridized carbons (Fsp3) is 0.407. The molecule has 1 atom stereocenters. The summed E-state index contributed by atoms with van der Waals surface area (Å²) < 4.78 is 77.7. The van der Waals surface area contributed by atoms with Gasteiger partial charge in [0.1, 0.15) is 0 Å². The number of aliphatic hydroxyl groups excluding tert-OH is 1. The molecule has 1 unspecified atom stereocenters. The Morgan fingerprint density at radius 2 is 1.84 bits per heavy atom. The average molecular weight is 541 g/mol. The fourth-order valence-corrected chi connectivity index (χ4v) is 4.89. The van der Waals surface area contributed by atoms with Crippen LogP contribution in [0.4, 0.5) is 37.7 Å². The Labute approximate surface area is 215 Å². The van der Waals surface area contributed by atoms with Crippen molar-refractivity contribution in [3.8, 4) is 0 Å². The molecule has 0 bridgehead atoms. The first-order valence-electron chi connectivity index (χ1n) is 12.2. The molecule has 2 amide bonds. The molecule has 0 fully saturated rings. The zero-order valence-electron chi connectivity index (χ0n) is 20.3. The largest absolute Gasteiger partial charge is 0.416 e. The lowest BCUT2D eigenvalue weighted by molar-refractivity contribution is -0.138. The van der Waals surface area contributed by atoms with Gasteiger partial charge in [-0.15, -0.1) is 0 Å². The topological polar surface area (TPSA) is 69.6 Å². The van der Waals surface area contributed by atoms with Crippen LogP contribution >= 0.6 is 0 Å². The number of carbonyl (C=O) groups is 2. The van der Waals surface area contributed by atoms with E-state index in [0.717, 1.165) is 28.2 Å². The summed E-state index contributed by atoms with van der Waals surface area (Å²) in [5.41, 5.74) is 1.90. The zero-order valence-corrected chi connectivity index (χ0v) is 20.3. The van der Waals surface area contributed by atoms with Crippen LogP contribution in [0.25, 0.3) is 5.57 Å². The van der Waals surface area contributed by atoms with E-state index in [-0.39, 0.29) is 24.2 Å². The molecule has 204 valence electrons. The Morgan fingerprint density at radius 1 is 1.08 bits per heavy atom. The third-order valence-corrected chi connectivity index (χ3v) is 6.74. The summed E-state index contributed by atoms with van der Waals surface area (Å²) in [5.74, 6) is -1.24. The van der Waals surface area contributed by atoms with Crippen LogP contribution in [-0.2, 0) is 28.6 Å². The minimum absolute atomic E-state index is 0.0782. The van der Waals surface area contributed by atoms with E-state index in [1.807, 2.05) is 6.07 Å². The summed E-state index contributed by atoms with van der Waals surface area (Å²) in [6.45, 7) is -0.0782. The molecule has 2 aromatic rings. The van der Waals surface area contributed by atoms with Crippen LogP contribution in [0, 0.1) is 0 Å². The number of nitrogens with one attached hydrogen (secondary N) is 1. The van der Waals surface area contributed by atoms with E-state index in [4.69, 9.17) is 0 Å². The smallest absolute Gasteiger partial charge is 0.393 e. The maximum Gasteiger partial charge on any atom is 0.416 e. The third kappa shape index (κ3) is 6.56. The van der Waals surface area contributed by atoms with Crippen molar-refractivity contribution in [2.75, 3.05) is 16.8 Å². The van der Waals surface area contributed by atoms with Gasteiger partial charge in [-0.1, -0.05) is 18.2 Å². The SMILES string of the molecule is O=C(/C=C1\CCN(C(=O)CCCC(F)(F)F)c2cc(C(F)(F)F)ccc21)Nc1cccc2c1CC(O)CC2. The number of halogens is 6. The van der Waals surface area contributed by atoms with E-state index < -0.39 is 55.1 Å². The van der Waals surface area contributed by atoms with Crippen molar-refractivity contribution >= 4 is 28.8 Å². The van der Waals surface area contributed by atoms with Crippen LogP contribution in [0.2, 0.25) is 0 Å². The van der Waals surface area contributed by atoms with Gasteiger partial charge in [0, 0.05) is 43.1 Å². The number of benzene rings is 2. The Bertz CT molecular complexity index is 1250. The minimum atomic E-state index is -4.70. The van der Waals surface area contributed by atoms with E-state index in [2.05, 4.69) is 5.32 Å². The van der Waals surface area contributed by atoms with Gasteiger partial charge in [0.2, 0.25) is 11.8 Å². The number of rotatable bonds is 5. The predicted octanol–water partition coefficient (Wildman–Crippen LogP) is 6.05. The molecule has 0 radical (unpaired) electrons. The summed E-state index contributed by atoms with van der Waals surface area (Å²) in [4.78, 5) is 26.7. The molecule has 0 spiro atoms. The molecule has 2 aliphatic rings. The molecule has 38 heavy (non-hydrogen) atoms. The normalized spacial score (nSPS) is 18.7. The lowest BCUT2D eigenvalue weighted by Gasteiger charge is -2.32. The van der Waals surface area contributed by atoms with Crippen molar-refractivity contribution < 1.29 is 41.0 Å². The van der Waals surface area contributed by atoms with E-state index in [1.54, 1.807) is 12.1 Å². The van der Waals surface area contributed by atoms with Gasteiger partial charge in [-0.3, -0.25) is 9.59 Å². The minimum Gasteiger partial charge on any atom is -0.393 e. The van der Waals surface area contributed by atoms with Crippen molar-refractivity contribution in [2.45, 2.75) is 63.4 Å². The summed E-state index contributed by atoms with van der Waals surface area (Å²) in [7, 11) is 0. The molecule has 2 N–H and O–H groups in total. The molecule has 4 rings (SSSR count). The number of aryl methyl sites for hydroxylation is 1. The molecule has 5 nitrogen and oxygen atoms in total. The second kappa shape index (κ2) is 10.8. The Morgan fingerprint density at radius 3 is 2.55 bits per heavy atom. The molecule has 1 aliphatic carbocycles. The lowest BCUT2D eigenvalue weighted by Crippen LogP contribution is -2.35. The zero-order chi connectivity index (χ0) is 27.7. The molecule has 0 saturated heterocycles. The number of amides is 2. The maximum atomic E-state index is 13.4. The number of alkyl halides is 6. The molecule has 0 aromatic heterocycles. The van der Waals surface area contributed by atoms with E-state index in [9.17, 15) is 41.0 Å². The van der Waals surface area contributed by atoms with Crippen molar-refractivity contribution in [1.82, 2.24) is 0 Å². The third-order valence-electron chi connectivity index (χ3n) is 6.74. The van der Waals surface area contributed by atoms with Gasteiger partial charge < -0.3 is 15.3 Å². The molecular formula is C27H26F6N2O3. The van der Waals surface area contributed by atoms with Crippen LogP contribution in [0.15, 0.2) is 42.5 Å². The number of anilines is 2. The second-order valence-electron chi connectivity index (χ2n) is 9.49. The van der Waals surface area contributed by atoms with Gasteiger partial charge in [0.15, 0.2) is 0 Å². The van der Waals surface area contributed by atoms with Crippen LogP contribution in [-0.4, -0.2) is 35.7 Å². The monoisotopic (exact) mass is 540 g/mol. The van der Waals surface area contributed by atoms with E-state index in [1.165, 1.54) is 12.1 Å². The molecule has 1 aliphatic heterocycles. The molecule has 11 heteroatoms. The van der Waals surface area contributed by atoms with Gasteiger partial charge >= 0.3 is 12.4 Å². The molecular weight excluding hydrogens is 514 g/mol. The van der Waals surface area contributed by atoms with Crippen molar-refractivity contribution in [1.29, 1.82) is 0 Å². The number of carbonyl (C=O) groups excluding carboxylic acids is 2. The first-order valence-corrected chi connectivity index (χ1v) is 12.2. The molecule has 2 aromatic carbocycles. The van der Waals surface area contributed by atoms with Crippen LogP contribution in [0.1, 0.15) is 54.4 Å². The molecule has 1 heterocycles. The Kier molecular flexibility index (Phi) is 7.87. The summed E-state index contributed by atoms with van der Waals surface area (Å²) >= 11 is 0. The highest BCUT2D eigenvalue weighted by Gasteiger charge is 2.34. The van der Waals surface area contributed by atoms with Gasteiger partial charge in [0.05, 0.1) is 17.4 Å². The standard InChI is InChI=1S/C27H26F6N2O3/c28-26(29,30)11-2-5-25(38)35-12-10-17(20-9-7-18(14-23(20)35)27(31,32)33)13-24(37)34-22-4-1-3-16-6-8-19(36)15-21(16)22/h1,3-4,7,9,13-14,19,36H,2,5-6,8,10-12,15H2,(H,34,37)/b17-13+. The maximum absolute atomic E-state index is 13.4. The van der Waals surface area contributed by atoms with Crippen LogP contribution in [0.3, 0.4) is 0 Å². The van der Waals surface area contributed by atoms with Gasteiger partial charge in [-0.2, -0.15) is 26.3 Å². The van der Waals surface area contributed by atoms with Crippen molar-refractivity contribution in [3.63, 3.8) is 0 Å².